The first-order valence-corrected chi connectivity index (χ1v) is 8.25. The molecule has 0 saturated carbocycles. The fourth-order valence-corrected chi connectivity index (χ4v) is 4.04. The molecule has 1 aliphatic heterocycles. The second kappa shape index (κ2) is 6.28. The van der Waals surface area contributed by atoms with Gasteiger partial charge in [0.15, 0.2) is 0 Å². The summed E-state index contributed by atoms with van der Waals surface area (Å²) in [6.07, 6.45) is 5.34. The van der Waals surface area contributed by atoms with Crippen molar-refractivity contribution in [2.75, 3.05) is 26.7 Å². The monoisotopic (exact) mass is 272 g/mol. The lowest BCUT2D eigenvalue weighted by atomic mass is 9.80. The van der Waals surface area contributed by atoms with E-state index >= 15 is 0 Å². The molecular formula is C18H28N2. The molecule has 1 fully saturated rings. The number of benzene rings is 1. The number of nitrogens with one attached hydrogen (secondary N) is 1. The van der Waals surface area contributed by atoms with Crippen LogP contribution in [0.1, 0.15) is 55.7 Å². The van der Waals surface area contributed by atoms with E-state index < -0.39 is 0 Å². The van der Waals surface area contributed by atoms with E-state index in [1.807, 2.05) is 0 Å². The molecule has 2 heteroatoms. The van der Waals surface area contributed by atoms with Crippen molar-refractivity contribution in [3.8, 4) is 0 Å². The molecule has 110 valence electrons. The van der Waals surface area contributed by atoms with Crippen LogP contribution in [0.25, 0.3) is 0 Å². The van der Waals surface area contributed by atoms with E-state index in [1.54, 1.807) is 11.1 Å². The maximum atomic E-state index is 3.47. The van der Waals surface area contributed by atoms with Gasteiger partial charge in [0.05, 0.1) is 0 Å². The molecule has 0 amide bonds. The van der Waals surface area contributed by atoms with Crippen molar-refractivity contribution in [2.45, 2.75) is 44.6 Å². The lowest BCUT2D eigenvalue weighted by molar-refractivity contribution is 0.169. The zero-order valence-electron chi connectivity index (χ0n) is 12.9. The summed E-state index contributed by atoms with van der Waals surface area (Å²) >= 11 is 0. The maximum Gasteiger partial charge on any atom is 0.0348 e. The first-order valence-electron chi connectivity index (χ1n) is 8.25. The summed E-state index contributed by atoms with van der Waals surface area (Å²) in [5.74, 6) is 1.61. The minimum absolute atomic E-state index is 0.636. The minimum atomic E-state index is 0.636. The average molecular weight is 272 g/mol. The van der Waals surface area contributed by atoms with Crippen LogP contribution in [-0.2, 0) is 0 Å². The van der Waals surface area contributed by atoms with Crippen molar-refractivity contribution in [3.05, 3.63) is 35.4 Å². The molecule has 2 unspecified atom stereocenters. The Bertz CT molecular complexity index is 437. The van der Waals surface area contributed by atoms with E-state index in [1.165, 1.54) is 45.3 Å². The third kappa shape index (κ3) is 2.91. The molecule has 20 heavy (non-hydrogen) atoms. The summed E-state index contributed by atoms with van der Waals surface area (Å²) in [4.78, 5) is 2.63. The number of hydrogen-bond donors (Lipinski definition) is 1. The van der Waals surface area contributed by atoms with Crippen molar-refractivity contribution in [3.63, 3.8) is 0 Å². The summed E-state index contributed by atoms with van der Waals surface area (Å²) < 4.78 is 0. The lowest BCUT2D eigenvalue weighted by Gasteiger charge is -2.38. The second-order valence-electron chi connectivity index (χ2n) is 6.76. The van der Waals surface area contributed by atoms with E-state index in [2.05, 4.69) is 48.5 Å². The second-order valence-corrected chi connectivity index (χ2v) is 6.76. The molecule has 2 aliphatic rings. The van der Waals surface area contributed by atoms with Gasteiger partial charge < -0.3 is 5.32 Å². The Hall–Kier alpha value is -0.860. The number of nitrogens with zero attached hydrogens (tertiary/aromatic N) is 1. The first-order chi connectivity index (χ1) is 9.75. The molecule has 1 aliphatic carbocycles. The molecular weight excluding hydrogens is 244 g/mol. The first kappa shape index (κ1) is 14.1. The van der Waals surface area contributed by atoms with Crippen LogP contribution in [0.3, 0.4) is 0 Å². The van der Waals surface area contributed by atoms with Crippen molar-refractivity contribution < 1.29 is 0 Å². The van der Waals surface area contributed by atoms with Gasteiger partial charge in [-0.1, -0.05) is 31.2 Å². The van der Waals surface area contributed by atoms with Crippen molar-refractivity contribution in [1.29, 1.82) is 0 Å². The van der Waals surface area contributed by atoms with Gasteiger partial charge in [0.2, 0.25) is 0 Å². The summed E-state index contributed by atoms with van der Waals surface area (Å²) in [6.45, 7) is 6.05. The Labute approximate surface area is 123 Å². The Balaban J connectivity index is 1.71. The molecule has 1 aromatic rings. The van der Waals surface area contributed by atoms with Gasteiger partial charge >= 0.3 is 0 Å². The number of fused-ring (bicyclic) bond motifs is 1. The maximum absolute atomic E-state index is 3.47. The van der Waals surface area contributed by atoms with E-state index in [9.17, 15) is 0 Å². The molecule has 0 aromatic heterocycles. The zero-order valence-corrected chi connectivity index (χ0v) is 12.9. The van der Waals surface area contributed by atoms with Crippen LogP contribution < -0.4 is 5.32 Å². The van der Waals surface area contributed by atoms with Crippen LogP contribution in [0.15, 0.2) is 24.3 Å². The largest absolute Gasteiger partial charge is 0.317 e. The predicted octanol–water partition coefficient (Wildman–Crippen LogP) is 3.56. The van der Waals surface area contributed by atoms with Gasteiger partial charge in [-0.05, 0) is 68.8 Å². The minimum Gasteiger partial charge on any atom is -0.317 e. The van der Waals surface area contributed by atoms with E-state index in [0.29, 0.717) is 6.04 Å². The highest BCUT2D eigenvalue weighted by molar-refractivity contribution is 5.34. The third-order valence-electron chi connectivity index (χ3n) is 5.30. The van der Waals surface area contributed by atoms with Gasteiger partial charge in [-0.25, -0.2) is 0 Å². The molecule has 0 bridgehead atoms. The fraction of sp³-hybridized carbons (Fsp3) is 0.667. The van der Waals surface area contributed by atoms with Crippen LogP contribution in [0.2, 0.25) is 0 Å². The van der Waals surface area contributed by atoms with Crippen molar-refractivity contribution >= 4 is 0 Å². The molecule has 1 heterocycles. The smallest absolute Gasteiger partial charge is 0.0348 e. The summed E-state index contributed by atoms with van der Waals surface area (Å²) in [7, 11) is 2.33. The number of rotatable bonds is 3. The molecule has 1 saturated heterocycles. The zero-order chi connectivity index (χ0) is 13.9. The average Bonchev–Trinajstić information content (AvgIpc) is 2.49. The Morgan fingerprint density at radius 3 is 2.50 bits per heavy atom. The predicted molar refractivity (Wildman–Crippen MR) is 85.1 cm³/mol. The SMILES string of the molecule is CC1CCC(N(C)CC2CCNCC2)c2ccccc21. The molecule has 3 rings (SSSR count). The van der Waals surface area contributed by atoms with Crippen molar-refractivity contribution in [1.82, 2.24) is 10.2 Å². The lowest BCUT2D eigenvalue weighted by Crippen LogP contribution is -2.37. The topological polar surface area (TPSA) is 15.3 Å². The van der Waals surface area contributed by atoms with E-state index in [-0.39, 0.29) is 0 Å². The van der Waals surface area contributed by atoms with E-state index in [0.717, 1.165) is 11.8 Å². The van der Waals surface area contributed by atoms with Gasteiger partial charge in [-0.2, -0.15) is 0 Å². The summed E-state index contributed by atoms with van der Waals surface area (Å²) in [5, 5.41) is 3.47. The Morgan fingerprint density at radius 2 is 1.75 bits per heavy atom. The Kier molecular flexibility index (Phi) is 4.42. The molecule has 2 nitrogen and oxygen atoms in total. The van der Waals surface area contributed by atoms with Crippen LogP contribution in [0.4, 0.5) is 0 Å². The normalized spacial score (nSPS) is 27.6. The molecule has 0 radical (unpaired) electrons. The molecule has 2 atom stereocenters. The standard InChI is InChI=1S/C18H28N2/c1-14-7-8-18(17-6-4-3-5-16(14)17)20(2)13-15-9-11-19-12-10-15/h3-6,14-15,18-19H,7-13H2,1-2H3. The van der Waals surface area contributed by atoms with Crippen molar-refractivity contribution in [2.24, 2.45) is 5.92 Å². The molecule has 0 spiro atoms. The van der Waals surface area contributed by atoms with Crippen LogP contribution in [0, 0.1) is 5.92 Å². The highest BCUT2D eigenvalue weighted by Crippen LogP contribution is 2.40. The van der Waals surface area contributed by atoms with Gasteiger partial charge in [-0.15, -0.1) is 0 Å². The number of piperidine rings is 1. The quantitative estimate of drug-likeness (QED) is 0.905. The highest BCUT2D eigenvalue weighted by atomic mass is 15.1. The van der Waals surface area contributed by atoms with Crippen LogP contribution in [0.5, 0.6) is 0 Å². The van der Waals surface area contributed by atoms with Crippen LogP contribution >= 0.6 is 0 Å². The Morgan fingerprint density at radius 1 is 1.05 bits per heavy atom. The van der Waals surface area contributed by atoms with Crippen LogP contribution in [-0.4, -0.2) is 31.6 Å². The fourth-order valence-electron chi connectivity index (χ4n) is 4.04. The summed E-state index contributed by atoms with van der Waals surface area (Å²) in [6, 6.07) is 9.74. The van der Waals surface area contributed by atoms with Gasteiger partial charge in [-0.3, -0.25) is 4.90 Å². The third-order valence-corrected chi connectivity index (χ3v) is 5.30. The molecule has 1 N–H and O–H groups in total. The highest BCUT2D eigenvalue weighted by Gasteiger charge is 2.28. The summed E-state index contributed by atoms with van der Waals surface area (Å²) in [5.41, 5.74) is 3.17. The van der Waals surface area contributed by atoms with Gasteiger partial charge in [0.1, 0.15) is 0 Å². The van der Waals surface area contributed by atoms with Gasteiger partial charge in [0, 0.05) is 12.6 Å². The molecule has 1 aromatic carbocycles. The number of hydrogen-bond acceptors (Lipinski definition) is 2. The van der Waals surface area contributed by atoms with Gasteiger partial charge in [0.25, 0.3) is 0 Å². The van der Waals surface area contributed by atoms with E-state index in [4.69, 9.17) is 0 Å².